The third-order valence-corrected chi connectivity index (χ3v) is 6.13. The Morgan fingerprint density at radius 1 is 1.38 bits per heavy atom. The molecule has 128 valence electrons. The molecule has 2 heterocycles. The molecule has 0 aliphatic carbocycles. The van der Waals surface area contributed by atoms with Gasteiger partial charge in [-0.1, -0.05) is 32.0 Å². The molecule has 1 amide bonds. The highest BCUT2D eigenvalue weighted by Crippen LogP contribution is 2.32. The molecule has 3 rings (SSSR count). The molecule has 24 heavy (non-hydrogen) atoms. The molecule has 0 radical (unpaired) electrons. The number of benzene rings is 1. The van der Waals surface area contributed by atoms with E-state index in [4.69, 9.17) is 0 Å². The fourth-order valence-corrected chi connectivity index (χ4v) is 4.37. The molecule has 1 aliphatic heterocycles. The van der Waals surface area contributed by atoms with E-state index >= 15 is 0 Å². The van der Waals surface area contributed by atoms with Crippen LogP contribution in [0.1, 0.15) is 55.2 Å². The summed E-state index contributed by atoms with van der Waals surface area (Å²) >= 11 is 1.83. The lowest BCUT2D eigenvalue weighted by Gasteiger charge is -2.33. The van der Waals surface area contributed by atoms with Gasteiger partial charge < -0.3 is 5.32 Å². The topological polar surface area (TPSA) is 32.3 Å². The van der Waals surface area contributed by atoms with Crippen molar-refractivity contribution in [3.8, 4) is 0 Å². The Morgan fingerprint density at radius 3 is 2.96 bits per heavy atom. The van der Waals surface area contributed by atoms with E-state index in [1.54, 1.807) is 0 Å². The fourth-order valence-electron chi connectivity index (χ4n) is 3.41. The number of fused-ring (bicyclic) bond motifs is 1. The van der Waals surface area contributed by atoms with E-state index < -0.39 is 0 Å². The zero-order valence-electron chi connectivity index (χ0n) is 14.7. The summed E-state index contributed by atoms with van der Waals surface area (Å²) in [5.41, 5.74) is 3.57. The lowest BCUT2D eigenvalue weighted by atomic mass is 9.97. The van der Waals surface area contributed by atoms with Crippen LogP contribution in [0.2, 0.25) is 0 Å². The highest BCUT2D eigenvalue weighted by molar-refractivity contribution is 7.10. The number of carbonyl (C=O) groups is 1. The summed E-state index contributed by atoms with van der Waals surface area (Å²) < 4.78 is 0. The van der Waals surface area contributed by atoms with Crippen molar-refractivity contribution < 1.29 is 4.79 Å². The van der Waals surface area contributed by atoms with Gasteiger partial charge in [-0.05, 0) is 54.3 Å². The predicted molar refractivity (Wildman–Crippen MR) is 102 cm³/mol. The molecule has 0 bridgehead atoms. The first-order valence-electron chi connectivity index (χ1n) is 8.79. The molecule has 1 aliphatic rings. The second-order valence-corrected chi connectivity index (χ2v) is 7.64. The number of nitrogens with one attached hydrogen (secondary N) is 1. The highest BCUT2D eigenvalue weighted by Gasteiger charge is 2.26. The van der Waals surface area contributed by atoms with Crippen LogP contribution in [0.4, 0.5) is 5.69 Å². The first-order chi connectivity index (χ1) is 11.6. The van der Waals surface area contributed by atoms with Crippen molar-refractivity contribution in [2.75, 3.05) is 18.4 Å². The Bertz CT molecular complexity index is 709. The Hall–Kier alpha value is -1.65. The predicted octanol–water partition coefficient (Wildman–Crippen LogP) is 4.82. The highest BCUT2D eigenvalue weighted by atomic mass is 32.1. The first-order valence-corrected chi connectivity index (χ1v) is 9.67. The number of thiophene rings is 1. The Kier molecular flexibility index (Phi) is 5.36. The largest absolute Gasteiger partial charge is 0.325 e. The molecule has 0 fully saturated rings. The zero-order valence-corrected chi connectivity index (χ0v) is 15.5. The van der Waals surface area contributed by atoms with Crippen LogP contribution >= 0.6 is 11.3 Å². The zero-order chi connectivity index (χ0) is 17.1. The molecule has 1 N–H and O–H groups in total. The lowest BCUT2D eigenvalue weighted by Crippen LogP contribution is -2.39. The van der Waals surface area contributed by atoms with Crippen LogP contribution in [0.3, 0.4) is 0 Å². The van der Waals surface area contributed by atoms with E-state index in [9.17, 15) is 4.79 Å². The number of nitrogens with zero attached hydrogens (tertiary/aromatic N) is 1. The summed E-state index contributed by atoms with van der Waals surface area (Å²) in [5, 5.41) is 5.29. The van der Waals surface area contributed by atoms with Gasteiger partial charge in [0.25, 0.3) is 0 Å². The average Bonchev–Trinajstić information content (AvgIpc) is 3.06. The molecule has 0 saturated carbocycles. The minimum absolute atomic E-state index is 0.0799. The number of anilines is 1. The minimum atomic E-state index is 0.0799. The van der Waals surface area contributed by atoms with Gasteiger partial charge >= 0.3 is 0 Å². The molecule has 2 atom stereocenters. The van der Waals surface area contributed by atoms with Crippen LogP contribution in [0.25, 0.3) is 0 Å². The molecular formula is C20H26N2OS. The van der Waals surface area contributed by atoms with Gasteiger partial charge in [0.1, 0.15) is 0 Å². The summed E-state index contributed by atoms with van der Waals surface area (Å²) in [6.45, 7) is 7.98. The molecule has 0 spiro atoms. The van der Waals surface area contributed by atoms with E-state index in [0.717, 1.165) is 25.1 Å². The summed E-state index contributed by atoms with van der Waals surface area (Å²) in [7, 11) is 0. The average molecular weight is 343 g/mol. The quantitative estimate of drug-likeness (QED) is 0.845. The van der Waals surface area contributed by atoms with E-state index in [1.807, 2.05) is 29.5 Å². The van der Waals surface area contributed by atoms with Crippen molar-refractivity contribution in [3.05, 3.63) is 51.7 Å². The Morgan fingerprint density at radius 2 is 2.17 bits per heavy atom. The third kappa shape index (κ3) is 3.55. The maximum absolute atomic E-state index is 12.6. The second kappa shape index (κ2) is 7.49. The molecular weight excluding hydrogens is 316 g/mol. The molecule has 1 aromatic heterocycles. The van der Waals surface area contributed by atoms with E-state index in [-0.39, 0.29) is 5.91 Å². The number of para-hydroxylation sites is 1. The maximum Gasteiger partial charge on any atom is 0.238 e. The van der Waals surface area contributed by atoms with Crippen LogP contribution in [0.15, 0.2) is 35.7 Å². The van der Waals surface area contributed by atoms with E-state index in [2.05, 4.69) is 48.5 Å². The van der Waals surface area contributed by atoms with Crippen molar-refractivity contribution in [1.29, 1.82) is 0 Å². The molecule has 0 saturated heterocycles. The molecule has 0 unspecified atom stereocenters. The Balaban J connectivity index is 1.67. The van der Waals surface area contributed by atoms with Crippen molar-refractivity contribution >= 4 is 22.9 Å². The second-order valence-electron chi connectivity index (χ2n) is 6.64. The van der Waals surface area contributed by atoms with Gasteiger partial charge in [-0.15, -0.1) is 11.3 Å². The maximum atomic E-state index is 12.6. The number of rotatable bonds is 5. The SMILES string of the molecule is CC[C@H](C)c1ccccc1NC(=O)CN1CCc2sccc2[C@@H]1C. The molecule has 2 aromatic rings. The molecule has 3 nitrogen and oxygen atoms in total. The van der Waals surface area contributed by atoms with Crippen LogP contribution in [-0.2, 0) is 11.2 Å². The number of hydrogen-bond acceptors (Lipinski definition) is 3. The van der Waals surface area contributed by atoms with Gasteiger partial charge in [0, 0.05) is 23.2 Å². The van der Waals surface area contributed by atoms with Gasteiger partial charge in [0.05, 0.1) is 6.54 Å². The van der Waals surface area contributed by atoms with Crippen molar-refractivity contribution in [2.24, 2.45) is 0 Å². The van der Waals surface area contributed by atoms with Crippen LogP contribution < -0.4 is 5.32 Å². The number of amides is 1. The van der Waals surface area contributed by atoms with Gasteiger partial charge in [-0.2, -0.15) is 0 Å². The fraction of sp³-hybridized carbons (Fsp3) is 0.450. The van der Waals surface area contributed by atoms with Crippen molar-refractivity contribution in [1.82, 2.24) is 4.90 Å². The molecule has 4 heteroatoms. The summed E-state index contributed by atoms with van der Waals surface area (Å²) in [4.78, 5) is 16.3. The van der Waals surface area contributed by atoms with Crippen LogP contribution in [0, 0.1) is 0 Å². The van der Waals surface area contributed by atoms with E-state index in [0.29, 0.717) is 18.5 Å². The van der Waals surface area contributed by atoms with Crippen LogP contribution in [-0.4, -0.2) is 23.9 Å². The van der Waals surface area contributed by atoms with Gasteiger partial charge in [0.2, 0.25) is 5.91 Å². The smallest absolute Gasteiger partial charge is 0.238 e. The summed E-state index contributed by atoms with van der Waals surface area (Å²) in [6.07, 6.45) is 2.12. The minimum Gasteiger partial charge on any atom is -0.325 e. The third-order valence-electron chi connectivity index (χ3n) is 5.13. The van der Waals surface area contributed by atoms with Gasteiger partial charge in [0.15, 0.2) is 0 Å². The van der Waals surface area contributed by atoms with Gasteiger partial charge in [-0.25, -0.2) is 0 Å². The Labute approximate surface area is 148 Å². The molecule has 1 aromatic carbocycles. The standard InChI is InChI=1S/C20H26N2OS/c1-4-14(2)16-7-5-6-8-18(16)21-20(23)13-22-11-9-19-17(15(22)3)10-12-24-19/h5-8,10,12,14-15H,4,9,11,13H2,1-3H3,(H,21,23)/t14-,15-/m0/s1. The number of hydrogen-bond donors (Lipinski definition) is 1. The van der Waals surface area contributed by atoms with Crippen molar-refractivity contribution in [2.45, 2.75) is 45.6 Å². The monoisotopic (exact) mass is 342 g/mol. The normalized spacial score (nSPS) is 18.9. The van der Waals surface area contributed by atoms with E-state index in [1.165, 1.54) is 16.0 Å². The lowest BCUT2D eigenvalue weighted by molar-refractivity contribution is -0.117. The number of carbonyl (C=O) groups excluding carboxylic acids is 1. The van der Waals surface area contributed by atoms with Gasteiger partial charge in [-0.3, -0.25) is 9.69 Å². The van der Waals surface area contributed by atoms with Crippen molar-refractivity contribution in [3.63, 3.8) is 0 Å². The first kappa shape index (κ1) is 17.2. The van der Waals surface area contributed by atoms with Crippen LogP contribution in [0.5, 0.6) is 0 Å². The summed E-state index contributed by atoms with van der Waals surface area (Å²) in [6, 6.07) is 10.7. The summed E-state index contributed by atoms with van der Waals surface area (Å²) in [5.74, 6) is 0.528.